The molecule has 1 aromatic rings. The van der Waals surface area contributed by atoms with E-state index in [0.29, 0.717) is 18.4 Å². The van der Waals surface area contributed by atoms with Crippen LogP contribution in [0.4, 0.5) is 0 Å². The van der Waals surface area contributed by atoms with Gasteiger partial charge in [0.1, 0.15) is 0 Å². The summed E-state index contributed by atoms with van der Waals surface area (Å²) in [5, 5.41) is 3.92. The van der Waals surface area contributed by atoms with Crippen molar-refractivity contribution in [3.05, 3.63) is 34.3 Å². The van der Waals surface area contributed by atoms with E-state index >= 15 is 0 Å². The number of amides is 1. The second kappa shape index (κ2) is 3.77. The number of fused-ring (bicyclic) bond motifs is 3. The summed E-state index contributed by atoms with van der Waals surface area (Å²) in [5.41, 5.74) is 2.76. The van der Waals surface area contributed by atoms with Crippen LogP contribution in [-0.2, 0) is 11.2 Å². The molecule has 84 valence electrons. The van der Waals surface area contributed by atoms with Crippen molar-refractivity contribution in [2.45, 2.75) is 37.6 Å². The maximum absolute atomic E-state index is 11.4. The number of hydrogen-bond donors (Lipinski definition) is 1. The van der Waals surface area contributed by atoms with Gasteiger partial charge in [-0.15, -0.1) is 0 Å². The van der Waals surface area contributed by atoms with Crippen molar-refractivity contribution >= 4 is 17.5 Å². The molecule has 0 saturated carbocycles. The van der Waals surface area contributed by atoms with E-state index in [4.69, 9.17) is 11.6 Å². The highest BCUT2D eigenvalue weighted by atomic mass is 35.5. The molecule has 1 aliphatic heterocycles. The zero-order chi connectivity index (χ0) is 11.1. The minimum atomic E-state index is 0.207. The van der Waals surface area contributed by atoms with E-state index in [2.05, 4.69) is 17.4 Å². The molecule has 1 N–H and O–H groups in total. The molecule has 2 nitrogen and oxygen atoms in total. The first-order chi connectivity index (χ1) is 7.74. The predicted octanol–water partition coefficient (Wildman–Crippen LogP) is 2.65. The molecule has 0 unspecified atom stereocenters. The van der Waals surface area contributed by atoms with Crippen LogP contribution in [0.2, 0.25) is 5.02 Å². The molecular weight excluding hydrogens is 222 g/mol. The van der Waals surface area contributed by atoms with Crippen molar-refractivity contribution < 1.29 is 4.79 Å². The van der Waals surface area contributed by atoms with E-state index < -0.39 is 0 Å². The van der Waals surface area contributed by atoms with Gasteiger partial charge in [0.25, 0.3) is 0 Å². The van der Waals surface area contributed by atoms with Crippen LogP contribution < -0.4 is 5.32 Å². The summed E-state index contributed by atoms with van der Waals surface area (Å²) >= 11 is 6.01. The molecule has 3 heteroatoms. The van der Waals surface area contributed by atoms with Crippen LogP contribution in [0.1, 0.15) is 36.3 Å². The van der Waals surface area contributed by atoms with E-state index in [1.807, 2.05) is 6.07 Å². The van der Waals surface area contributed by atoms with Gasteiger partial charge in [0.15, 0.2) is 0 Å². The Morgan fingerprint density at radius 2 is 2.12 bits per heavy atom. The lowest BCUT2D eigenvalue weighted by molar-refractivity contribution is -0.123. The Kier molecular flexibility index (Phi) is 2.40. The van der Waals surface area contributed by atoms with E-state index in [0.717, 1.165) is 24.3 Å². The average Bonchev–Trinajstić information content (AvgIpc) is 2.28. The van der Waals surface area contributed by atoms with Crippen molar-refractivity contribution in [2.24, 2.45) is 0 Å². The van der Waals surface area contributed by atoms with Gasteiger partial charge >= 0.3 is 0 Å². The van der Waals surface area contributed by atoms with Crippen LogP contribution in [0.5, 0.6) is 0 Å². The number of hydrogen-bond acceptors (Lipinski definition) is 1. The lowest BCUT2D eigenvalue weighted by Crippen LogP contribution is -2.45. The largest absolute Gasteiger partial charge is 0.353 e. The first kappa shape index (κ1) is 10.2. The SMILES string of the molecule is O=C1CC[C@@H]2c3ccc(Cl)cc3CC[C@H]2N1. The van der Waals surface area contributed by atoms with Gasteiger partial charge in [-0.25, -0.2) is 0 Å². The summed E-state index contributed by atoms with van der Waals surface area (Å²) in [6, 6.07) is 6.50. The maximum Gasteiger partial charge on any atom is 0.220 e. The molecule has 16 heavy (non-hydrogen) atoms. The van der Waals surface area contributed by atoms with Gasteiger partial charge in [0.2, 0.25) is 5.91 Å². The van der Waals surface area contributed by atoms with E-state index in [9.17, 15) is 4.79 Å². The average molecular weight is 236 g/mol. The highest BCUT2D eigenvalue weighted by Gasteiger charge is 2.33. The van der Waals surface area contributed by atoms with E-state index in [-0.39, 0.29) is 5.91 Å². The van der Waals surface area contributed by atoms with E-state index in [1.54, 1.807) is 0 Å². The Bertz CT molecular complexity index is 444. The first-order valence-corrected chi connectivity index (χ1v) is 6.19. The standard InChI is InChI=1S/C13H14ClNO/c14-9-2-3-10-8(7-9)1-5-12-11(10)4-6-13(16)15-12/h2-3,7,11-12H,1,4-6H2,(H,15,16)/t11-,12-/m1/s1. The highest BCUT2D eigenvalue weighted by molar-refractivity contribution is 6.30. The van der Waals surface area contributed by atoms with Crippen LogP contribution in [-0.4, -0.2) is 11.9 Å². The molecule has 1 aliphatic carbocycles. The topological polar surface area (TPSA) is 29.1 Å². The highest BCUT2D eigenvalue weighted by Crippen LogP contribution is 2.38. The number of carbonyl (C=O) groups excluding carboxylic acids is 1. The second-order valence-electron chi connectivity index (χ2n) is 4.70. The lowest BCUT2D eigenvalue weighted by atomic mass is 9.75. The monoisotopic (exact) mass is 235 g/mol. The van der Waals surface area contributed by atoms with Crippen molar-refractivity contribution in [3.63, 3.8) is 0 Å². The molecular formula is C13H14ClNO. The Balaban J connectivity index is 1.97. The van der Waals surface area contributed by atoms with Gasteiger partial charge in [-0.1, -0.05) is 17.7 Å². The zero-order valence-corrected chi connectivity index (χ0v) is 9.76. The summed E-state index contributed by atoms with van der Waals surface area (Å²) in [6.07, 6.45) is 3.70. The van der Waals surface area contributed by atoms with Crippen molar-refractivity contribution in [2.75, 3.05) is 0 Å². The zero-order valence-electron chi connectivity index (χ0n) is 9.00. The fourth-order valence-electron chi connectivity index (χ4n) is 2.98. The predicted molar refractivity (Wildman–Crippen MR) is 63.7 cm³/mol. The third kappa shape index (κ3) is 1.61. The van der Waals surface area contributed by atoms with Gasteiger partial charge in [-0.3, -0.25) is 4.79 Å². The molecule has 1 fully saturated rings. The van der Waals surface area contributed by atoms with Crippen LogP contribution in [0.15, 0.2) is 18.2 Å². The second-order valence-corrected chi connectivity index (χ2v) is 5.14. The number of piperidine rings is 1. The summed E-state index contributed by atoms with van der Waals surface area (Å²) in [7, 11) is 0. The number of benzene rings is 1. The Morgan fingerprint density at radius 1 is 1.25 bits per heavy atom. The number of halogens is 1. The molecule has 2 atom stereocenters. The molecule has 1 saturated heterocycles. The molecule has 0 aromatic heterocycles. The number of rotatable bonds is 0. The Hall–Kier alpha value is -1.02. The van der Waals surface area contributed by atoms with Gasteiger partial charge in [0.05, 0.1) is 0 Å². The van der Waals surface area contributed by atoms with Gasteiger partial charge in [-0.05, 0) is 42.5 Å². The fourth-order valence-corrected chi connectivity index (χ4v) is 3.17. The van der Waals surface area contributed by atoms with E-state index in [1.165, 1.54) is 11.1 Å². The van der Waals surface area contributed by atoms with Crippen LogP contribution in [0, 0.1) is 0 Å². The lowest BCUT2D eigenvalue weighted by Gasteiger charge is -2.37. The third-order valence-electron chi connectivity index (χ3n) is 3.74. The van der Waals surface area contributed by atoms with Crippen LogP contribution in [0.3, 0.4) is 0 Å². The van der Waals surface area contributed by atoms with Crippen LogP contribution >= 0.6 is 11.6 Å². The molecule has 0 bridgehead atoms. The quantitative estimate of drug-likeness (QED) is 0.736. The van der Waals surface area contributed by atoms with Gasteiger partial charge < -0.3 is 5.32 Å². The summed E-state index contributed by atoms with van der Waals surface area (Å²) < 4.78 is 0. The van der Waals surface area contributed by atoms with Crippen LogP contribution in [0.25, 0.3) is 0 Å². The summed E-state index contributed by atoms with van der Waals surface area (Å²) in [5.74, 6) is 0.706. The molecule has 1 amide bonds. The number of nitrogens with one attached hydrogen (secondary N) is 1. The van der Waals surface area contributed by atoms with Crippen molar-refractivity contribution in [3.8, 4) is 0 Å². The fraction of sp³-hybridized carbons (Fsp3) is 0.462. The Labute approximate surface area is 100.0 Å². The summed E-state index contributed by atoms with van der Waals surface area (Å²) in [6.45, 7) is 0. The Morgan fingerprint density at radius 3 is 3.00 bits per heavy atom. The smallest absolute Gasteiger partial charge is 0.220 e. The molecule has 1 aromatic carbocycles. The maximum atomic E-state index is 11.4. The van der Waals surface area contributed by atoms with Gasteiger partial charge in [0, 0.05) is 23.4 Å². The molecule has 1 heterocycles. The summed E-state index contributed by atoms with van der Waals surface area (Å²) in [4.78, 5) is 11.4. The van der Waals surface area contributed by atoms with Crippen molar-refractivity contribution in [1.29, 1.82) is 0 Å². The molecule has 0 radical (unpaired) electrons. The third-order valence-corrected chi connectivity index (χ3v) is 3.98. The minimum Gasteiger partial charge on any atom is -0.353 e. The number of aryl methyl sites for hydroxylation is 1. The number of carbonyl (C=O) groups is 1. The molecule has 0 spiro atoms. The first-order valence-electron chi connectivity index (χ1n) is 5.82. The van der Waals surface area contributed by atoms with Gasteiger partial charge in [-0.2, -0.15) is 0 Å². The van der Waals surface area contributed by atoms with Crippen molar-refractivity contribution in [1.82, 2.24) is 5.32 Å². The normalized spacial score (nSPS) is 27.9. The molecule has 3 rings (SSSR count). The minimum absolute atomic E-state index is 0.207. The molecule has 2 aliphatic rings.